The molecule has 2 N–H and O–H groups in total. The van der Waals surface area contributed by atoms with E-state index in [9.17, 15) is 9.59 Å². The van der Waals surface area contributed by atoms with E-state index in [1.54, 1.807) is 11.8 Å². The van der Waals surface area contributed by atoms with Crippen LogP contribution < -0.4 is 15.4 Å². The van der Waals surface area contributed by atoms with E-state index in [1.165, 1.54) is 0 Å². The molecule has 0 saturated carbocycles. The minimum atomic E-state index is -0.379. The molecule has 29 heavy (non-hydrogen) atoms. The van der Waals surface area contributed by atoms with E-state index in [1.807, 2.05) is 64.2 Å². The Hall–Kier alpha value is -3.35. The minimum absolute atomic E-state index is 0.0955. The number of ether oxygens (including phenoxy) is 1. The van der Waals surface area contributed by atoms with Gasteiger partial charge in [0.15, 0.2) is 0 Å². The molecule has 0 radical (unpaired) electrons. The van der Waals surface area contributed by atoms with Gasteiger partial charge < -0.3 is 15.4 Å². The Morgan fingerprint density at radius 2 is 1.83 bits per heavy atom. The van der Waals surface area contributed by atoms with E-state index in [4.69, 9.17) is 4.74 Å². The van der Waals surface area contributed by atoms with Gasteiger partial charge in [-0.2, -0.15) is 5.10 Å². The minimum Gasteiger partial charge on any atom is -0.497 e. The van der Waals surface area contributed by atoms with Crippen LogP contribution in [0.3, 0.4) is 0 Å². The van der Waals surface area contributed by atoms with Crippen molar-refractivity contribution in [3.05, 3.63) is 53.3 Å². The average molecular weight is 394 g/mol. The molecule has 0 aliphatic heterocycles. The van der Waals surface area contributed by atoms with Gasteiger partial charge in [0.05, 0.1) is 36.6 Å². The van der Waals surface area contributed by atoms with Crippen molar-refractivity contribution in [2.75, 3.05) is 19.0 Å². The molecule has 0 bridgehead atoms. The van der Waals surface area contributed by atoms with Gasteiger partial charge in [0.1, 0.15) is 5.75 Å². The van der Waals surface area contributed by atoms with Gasteiger partial charge in [0, 0.05) is 7.05 Å². The van der Waals surface area contributed by atoms with Crippen LogP contribution in [-0.2, 0) is 16.6 Å². The molecule has 1 atom stereocenters. The van der Waals surface area contributed by atoms with Gasteiger partial charge in [0.2, 0.25) is 11.8 Å². The molecule has 3 rings (SSSR count). The maximum atomic E-state index is 12.5. The lowest BCUT2D eigenvalue weighted by Gasteiger charge is -2.14. The summed E-state index contributed by atoms with van der Waals surface area (Å²) in [4.78, 5) is 24.8. The quantitative estimate of drug-likeness (QED) is 0.673. The average Bonchev–Trinajstić information content (AvgIpc) is 2.96. The molecular formula is C22H26N4O3. The molecule has 2 amide bonds. The second kappa shape index (κ2) is 8.34. The highest BCUT2D eigenvalue weighted by Gasteiger charge is 2.18. The van der Waals surface area contributed by atoms with Crippen LogP contribution in [0.1, 0.15) is 29.8 Å². The summed E-state index contributed by atoms with van der Waals surface area (Å²) in [7, 11) is 3.45. The van der Waals surface area contributed by atoms with Crippen molar-refractivity contribution >= 4 is 28.3 Å². The van der Waals surface area contributed by atoms with Gasteiger partial charge in [-0.3, -0.25) is 14.3 Å². The lowest BCUT2D eigenvalue weighted by atomic mass is 9.97. The number of aryl methyl sites for hydroxylation is 2. The van der Waals surface area contributed by atoms with Crippen LogP contribution >= 0.6 is 0 Å². The van der Waals surface area contributed by atoms with Crippen molar-refractivity contribution in [1.82, 2.24) is 15.1 Å². The number of hydrogen-bond donors (Lipinski definition) is 2. The summed E-state index contributed by atoms with van der Waals surface area (Å²) >= 11 is 0. The molecule has 1 heterocycles. The first-order valence-corrected chi connectivity index (χ1v) is 9.45. The van der Waals surface area contributed by atoms with Crippen LogP contribution in [0.2, 0.25) is 0 Å². The van der Waals surface area contributed by atoms with Gasteiger partial charge in [-0.15, -0.1) is 0 Å². The number of benzene rings is 2. The van der Waals surface area contributed by atoms with Crippen molar-refractivity contribution < 1.29 is 14.3 Å². The summed E-state index contributed by atoms with van der Waals surface area (Å²) in [5.41, 5.74) is 3.18. The number of hydrogen-bond acceptors (Lipinski definition) is 4. The summed E-state index contributed by atoms with van der Waals surface area (Å²) in [6, 6.07) is 11.7. The molecule has 0 spiro atoms. The monoisotopic (exact) mass is 394 g/mol. The van der Waals surface area contributed by atoms with Crippen LogP contribution in [0.4, 0.5) is 5.69 Å². The zero-order valence-corrected chi connectivity index (χ0v) is 17.4. The SMILES string of the molecule is COc1ccc2cc([C@H](C)C(=O)NCC(=O)Nc3c(C)nn(C)c3C)ccc2c1. The Kier molecular flexibility index (Phi) is 5.87. The predicted octanol–water partition coefficient (Wildman–Crippen LogP) is 3.06. The standard InChI is InChI=1S/C22H26N4O3/c1-13(16-6-7-18-11-19(29-5)9-8-17(18)10-16)22(28)23-12-20(27)24-21-14(2)25-26(4)15(21)3/h6-11,13H,12H2,1-5H3,(H,23,28)(H,24,27)/t13-/m0/s1. The van der Waals surface area contributed by atoms with Gasteiger partial charge in [-0.25, -0.2) is 0 Å². The Morgan fingerprint density at radius 3 is 2.48 bits per heavy atom. The number of carbonyl (C=O) groups excluding carboxylic acids is 2. The molecule has 0 aliphatic rings. The summed E-state index contributed by atoms with van der Waals surface area (Å²) in [5, 5.41) is 11.9. The fourth-order valence-corrected chi connectivity index (χ4v) is 3.25. The third kappa shape index (κ3) is 4.39. The summed E-state index contributed by atoms with van der Waals surface area (Å²) in [5.74, 6) is -0.0692. The fourth-order valence-electron chi connectivity index (χ4n) is 3.25. The van der Waals surface area contributed by atoms with Crippen LogP contribution in [0.5, 0.6) is 5.75 Å². The van der Waals surface area contributed by atoms with E-state index in [2.05, 4.69) is 15.7 Å². The maximum Gasteiger partial charge on any atom is 0.243 e. The molecule has 152 valence electrons. The Labute approximate surface area is 170 Å². The topological polar surface area (TPSA) is 85.2 Å². The lowest BCUT2D eigenvalue weighted by Crippen LogP contribution is -2.35. The molecule has 1 aromatic heterocycles. The summed E-state index contributed by atoms with van der Waals surface area (Å²) in [6.45, 7) is 5.44. The van der Waals surface area contributed by atoms with E-state index >= 15 is 0 Å². The van der Waals surface area contributed by atoms with Crippen LogP contribution in [0, 0.1) is 13.8 Å². The van der Waals surface area contributed by atoms with E-state index in [-0.39, 0.29) is 24.3 Å². The molecule has 2 aromatic carbocycles. The highest BCUT2D eigenvalue weighted by Crippen LogP contribution is 2.25. The van der Waals surface area contributed by atoms with Crippen molar-refractivity contribution in [2.24, 2.45) is 7.05 Å². The largest absolute Gasteiger partial charge is 0.497 e. The number of amides is 2. The van der Waals surface area contributed by atoms with Crippen LogP contribution in [0.25, 0.3) is 10.8 Å². The number of rotatable bonds is 6. The molecule has 7 nitrogen and oxygen atoms in total. The first kappa shape index (κ1) is 20.4. The number of fused-ring (bicyclic) bond motifs is 1. The molecule has 3 aromatic rings. The molecule has 0 fully saturated rings. The Bertz CT molecular complexity index is 1070. The number of nitrogens with zero attached hydrogens (tertiary/aromatic N) is 2. The van der Waals surface area contributed by atoms with Gasteiger partial charge in [-0.1, -0.05) is 24.3 Å². The first-order valence-electron chi connectivity index (χ1n) is 9.45. The van der Waals surface area contributed by atoms with Gasteiger partial charge in [0.25, 0.3) is 0 Å². The Morgan fingerprint density at radius 1 is 1.14 bits per heavy atom. The molecule has 7 heteroatoms. The Balaban J connectivity index is 1.62. The molecule has 0 saturated heterocycles. The summed E-state index contributed by atoms with van der Waals surface area (Å²) in [6.07, 6.45) is 0. The third-order valence-corrected chi connectivity index (χ3v) is 5.16. The first-order chi connectivity index (χ1) is 13.8. The highest BCUT2D eigenvalue weighted by atomic mass is 16.5. The van der Waals surface area contributed by atoms with Crippen molar-refractivity contribution in [1.29, 1.82) is 0 Å². The number of nitrogens with one attached hydrogen (secondary N) is 2. The maximum absolute atomic E-state index is 12.5. The summed E-state index contributed by atoms with van der Waals surface area (Å²) < 4.78 is 6.95. The zero-order chi connectivity index (χ0) is 21.1. The molecule has 0 unspecified atom stereocenters. The number of aromatic nitrogens is 2. The molecular weight excluding hydrogens is 368 g/mol. The second-order valence-corrected chi connectivity index (χ2v) is 7.13. The number of anilines is 1. The van der Waals surface area contributed by atoms with Crippen molar-refractivity contribution in [2.45, 2.75) is 26.7 Å². The van der Waals surface area contributed by atoms with E-state index in [0.29, 0.717) is 5.69 Å². The van der Waals surface area contributed by atoms with Gasteiger partial charge in [-0.05, 0) is 49.2 Å². The van der Waals surface area contributed by atoms with Crippen molar-refractivity contribution in [3.63, 3.8) is 0 Å². The van der Waals surface area contributed by atoms with E-state index in [0.717, 1.165) is 33.5 Å². The van der Waals surface area contributed by atoms with Crippen molar-refractivity contribution in [3.8, 4) is 5.75 Å². The smallest absolute Gasteiger partial charge is 0.243 e. The van der Waals surface area contributed by atoms with Crippen LogP contribution in [0.15, 0.2) is 36.4 Å². The number of carbonyl (C=O) groups is 2. The molecule has 0 aliphatic carbocycles. The highest BCUT2D eigenvalue weighted by molar-refractivity contribution is 5.96. The second-order valence-electron chi connectivity index (χ2n) is 7.13. The third-order valence-electron chi connectivity index (χ3n) is 5.16. The fraction of sp³-hybridized carbons (Fsp3) is 0.318. The lowest BCUT2D eigenvalue weighted by molar-refractivity contribution is -0.125. The zero-order valence-electron chi connectivity index (χ0n) is 17.4. The predicted molar refractivity (Wildman–Crippen MR) is 113 cm³/mol. The normalized spacial score (nSPS) is 11.9. The van der Waals surface area contributed by atoms with Gasteiger partial charge >= 0.3 is 0 Å². The van der Waals surface area contributed by atoms with E-state index < -0.39 is 0 Å². The number of methoxy groups -OCH3 is 1. The van der Waals surface area contributed by atoms with Crippen LogP contribution in [-0.4, -0.2) is 35.2 Å².